The van der Waals surface area contributed by atoms with Crippen LogP contribution in [0.4, 0.5) is 4.39 Å². The number of nitrogens with two attached hydrogens (primary N) is 1. The average Bonchev–Trinajstić information content (AvgIpc) is 3.33. The zero-order valence-electron chi connectivity index (χ0n) is 14.8. The number of halogens is 2. The van der Waals surface area contributed by atoms with Crippen molar-refractivity contribution in [3.63, 3.8) is 0 Å². The fourth-order valence-corrected chi connectivity index (χ4v) is 3.48. The second-order valence-corrected chi connectivity index (χ2v) is 7.68. The number of benzene rings is 2. The highest BCUT2D eigenvalue weighted by Crippen LogP contribution is 2.24. The minimum atomic E-state index is -0.331. The van der Waals surface area contributed by atoms with Gasteiger partial charge in [-0.05, 0) is 36.4 Å². The second-order valence-electron chi connectivity index (χ2n) is 5.82. The number of ether oxygens (including phenoxy) is 1. The molecule has 2 aromatic heterocycles. The zero-order valence-corrected chi connectivity index (χ0v) is 17.2. The maximum Gasteiger partial charge on any atom is 0.237 e. The first-order chi connectivity index (χ1) is 14.1. The first kappa shape index (κ1) is 19.4. The lowest BCUT2D eigenvalue weighted by molar-refractivity contribution is 0.291. The van der Waals surface area contributed by atoms with Crippen LogP contribution in [0.25, 0.3) is 11.4 Å². The van der Waals surface area contributed by atoms with Crippen LogP contribution in [0.2, 0.25) is 0 Å². The van der Waals surface area contributed by atoms with Gasteiger partial charge in [0.15, 0.2) is 5.82 Å². The van der Waals surface area contributed by atoms with Gasteiger partial charge in [-0.2, -0.15) is 4.98 Å². The Morgan fingerprint density at radius 2 is 2.00 bits per heavy atom. The van der Waals surface area contributed by atoms with Crippen molar-refractivity contribution in [2.24, 2.45) is 0 Å². The third-order valence-electron chi connectivity index (χ3n) is 3.79. The van der Waals surface area contributed by atoms with Gasteiger partial charge in [0.1, 0.15) is 18.2 Å². The van der Waals surface area contributed by atoms with Crippen LogP contribution >= 0.6 is 27.7 Å². The Balaban J connectivity index is 1.36. The normalized spacial score (nSPS) is 11.0. The van der Waals surface area contributed by atoms with Crippen LogP contribution < -0.4 is 10.6 Å². The molecule has 0 fully saturated rings. The summed E-state index contributed by atoms with van der Waals surface area (Å²) in [5, 5.41) is 12.5. The molecule has 0 atom stereocenters. The van der Waals surface area contributed by atoms with E-state index in [-0.39, 0.29) is 12.4 Å². The summed E-state index contributed by atoms with van der Waals surface area (Å²) in [6, 6.07) is 13.3. The molecule has 0 unspecified atom stereocenters. The predicted molar refractivity (Wildman–Crippen MR) is 108 cm³/mol. The molecule has 0 amide bonds. The van der Waals surface area contributed by atoms with Gasteiger partial charge in [-0.3, -0.25) is 0 Å². The van der Waals surface area contributed by atoms with Crippen LogP contribution in [-0.2, 0) is 12.4 Å². The molecule has 2 heterocycles. The van der Waals surface area contributed by atoms with Crippen molar-refractivity contribution in [2.45, 2.75) is 17.5 Å². The van der Waals surface area contributed by atoms with Crippen molar-refractivity contribution in [2.75, 3.05) is 5.84 Å². The Labute approximate surface area is 177 Å². The number of aromatic nitrogens is 5. The van der Waals surface area contributed by atoms with E-state index in [2.05, 4.69) is 36.3 Å². The standard InChI is InChI=1S/C18H14BrFN6O2S/c19-12-3-1-2-11(8-12)17-22-16(28-25-17)10-29-18-24-23-15(26(18)21)9-27-14-6-4-13(20)5-7-14/h1-8H,9-10,21H2. The molecule has 0 spiro atoms. The highest BCUT2D eigenvalue weighted by molar-refractivity contribution is 9.10. The molecule has 0 saturated heterocycles. The van der Waals surface area contributed by atoms with E-state index in [4.69, 9.17) is 15.1 Å². The topological polar surface area (TPSA) is 105 Å². The maximum absolute atomic E-state index is 12.9. The Bertz CT molecular complexity index is 1120. The van der Waals surface area contributed by atoms with E-state index in [0.29, 0.717) is 34.2 Å². The fourth-order valence-electron chi connectivity index (χ4n) is 2.37. The average molecular weight is 477 g/mol. The summed E-state index contributed by atoms with van der Waals surface area (Å²) in [5.74, 6) is 7.96. The molecular formula is C18H14BrFN6O2S. The van der Waals surface area contributed by atoms with Crippen molar-refractivity contribution < 1.29 is 13.7 Å². The minimum Gasteiger partial charge on any atom is -0.486 e. The molecule has 0 saturated carbocycles. The maximum atomic E-state index is 12.9. The first-order valence-corrected chi connectivity index (χ1v) is 10.2. The van der Waals surface area contributed by atoms with Gasteiger partial charge in [0.05, 0.1) is 5.75 Å². The molecule has 4 rings (SSSR count). The highest BCUT2D eigenvalue weighted by Gasteiger charge is 2.14. The van der Waals surface area contributed by atoms with E-state index in [1.165, 1.54) is 40.7 Å². The lowest BCUT2D eigenvalue weighted by Gasteiger charge is -2.05. The second kappa shape index (κ2) is 8.62. The van der Waals surface area contributed by atoms with Crippen LogP contribution in [0.5, 0.6) is 5.75 Å². The van der Waals surface area contributed by atoms with Crippen LogP contribution in [-0.4, -0.2) is 25.0 Å². The minimum absolute atomic E-state index is 0.100. The van der Waals surface area contributed by atoms with E-state index in [1.54, 1.807) is 0 Å². The molecule has 11 heteroatoms. The van der Waals surface area contributed by atoms with Gasteiger partial charge in [-0.1, -0.05) is 45.0 Å². The van der Waals surface area contributed by atoms with E-state index in [1.807, 2.05) is 24.3 Å². The summed E-state index contributed by atoms with van der Waals surface area (Å²) in [7, 11) is 0. The Morgan fingerprint density at radius 3 is 2.79 bits per heavy atom. The third kappa shape index (κ3) is 4.74. The van der Waals surface area contributed by atoms with E-state index >= 15 is 0 Å². The molecule has 8 nitrogen and oxygen atoms in total. The monoisotopic (exact) mass is 476 g/mol. The van der Waals surface area contributed by atoms with Crippen LogP contribution in [0.15, 0.2) is 62.7 Å². The highest BCUT2D eigenvalue weighted by atomic mass is 79.9. The molecule has 29 heavy (non-hydrogen) atoms. The van der Waals surface area contributed by atoms with Gasteiger partial charge in [0.2, 0.25) is 16.9 Å². The Kier molecular flexibility index (Phi) is 5.76. The molecule has 2 N–H and O–H groups in total. The van der Waals surface area contributed by atoms with Crippen LogP contribution in [0.1, 0.15) is 11.7 Å². The summed E-state index contributed by atoms with van der Waals surface area (Å²) in [5.41, 5.74) is 0.849. The number of nitrogen functional groups attached to an aromatic ring is 1. The summed E-state index contributed by atoms with van der Waals surface area (Å²) < 4.78 is 26.0. The smallest absolute Gasteiger partial charge is 0.237 e. The van der Waals surface area contributed by atoms with Crippen molar-refractivity contribution in [1.29, 1.82) is 0 Å². The number of hydrogen-bond acceptors (Lipinski definition) is 8. The Hall–Kier alpha value is -2.92. The molecule has 148 valence electrons. The summed E-state index contributed by atoms with van der Waals surface area (Å²) in [6.07, 6.45) is 0. The zero-order chi connectivity index (χ0) is 20.2. The molecular weight excluding hydrogens is 463 g/mol. The number of nitrogens with zero attached hydrogens (tertiary/aromatic N) is 5. The lowest BCUT2D eigenvalue weighted by atomic mass is 10.2. The van der Waals surface area contributed by atoms with Crippen LogP contribution in [0.3, 0.4) is 0 Å². The van der Waals surface area contributed by atoms with E-state index in [9.17, 15) is 4.39 Å². The molecule has 2 aromatic carbocycles. The quantitative estimate of drug-likeness (QED) is 0.317. The SMILES string of the molecule is Nn1c(COc2ccc(F)cc2)nnc1SCc1nc(-c2cccc(Br)c2)no1. The summed E-state index contributed by atoms with van der Waals surface area (Å²) in [4.78, 5) is 4.38. The van der Waals surface area contributed by atoms with E-state index in [0.717, 1.165) is 10.0 Å². The molecule has 0 radical (unpaired) electrons. The van der Waals surface area contributed by atoms with Gasteiger partial charge in [0.25, 0.3) is 0 Å². The number of hydrogen-bond donors (Lipinski definition) is 1. The molecule has 0 aliphatic carbocycles. The van der Waals surface area contributed by atoms with Gasteiger partial charge in [-0.15, -0.1) is 10.2 Å². The van der Waals surface area contributed by atoms with Gasteiger partial charge < -0.3 is 15.1 Å². The number of rotatable bonds is 7. The van der Waals surface area contributed by atoms with Gasteiger partial charge in [-0.25, -0.2) is 9.07 Å². The summed E-state index contributed by atoms with van der Waals surface area (Å²) >= 11 is 4.73. The lowest BCUT2D eigenvalue weighted by Crippen LogP contribution is -2.15. The van der Waals surface area contributed by atoms with Gasteiger partial charge >= 0.3 is 0 Å². The Morgan fingerprint density at radius 1 is 1.17 bits per heavy atom. The van der Waals surface area contributed by atoms with Crippen molar-refractivity contribution in [1.82, 2.24) is 25.0 Å². The predicted octanol–water partition coefficient (Wildman–Crippen LogP) is 3.81. The van der Waals surface area contributed by atoms with Gasteiger partial charge in [0, 0.05) is 10.0 Å². The molecule has 4 aromatic rings. The van der Waals surface area contributed by atoms with Crippen molar-refractivity contribution in [3.05, 3.63) is 70.5 Å². The first-order valence-electron chi connectivity index (χ1n) is 8.37. The largest absolute Gasteiger partial charge is 0.486 e. The van der Waals surface area contributed by atoms with Crippen LogP contribution in [0, 0.1) is 5.82 Å². The number of thioether (sulfide) groups is 1. The summed E-state index contributed by atoms with van der Waals surface area (Å²) in [6.45, 7) is 0.100. The van der Waals surface area contributed by atoms with Crippen molar-refractivity contribution in [3.8, 4) is 17.1 Å². The fraction of sp³-hybridized carbons (Fsp3) is 0.111. The molecule has 0 bridgehead atoms. The molecule has 0 aliphatic rings. The van der Waals surface area contributed by atoms with E-state index < -0.39 is 0 Å². The third-order valence-corrected chi connectivity index (χ3v) is 5.21. The van der Waals surface area contributed by atoms with Crippen molar-refractivity contribution >= 4 is 27.7 Å². The molecule has 0 aliphatic heterocycles.